The number of carboxylic acids is 1. The molecule has 1 amide bonds. The maximum Gasteiger partial charge on any atom is 0.335 e. The zero-order valence-electron chi connectivity index (χ0n) is 26.6. The number of aliphatic hydroxyl groups excluding tert-OH is 3. The highest BCUT2D eigenvalue weighted by atomic mass is 19.1. The number of phenolic OH excluding ortho intramolecular Hbond substituents is 2. The first-order chi connectivity index (χ1) is 22.7. The van der Waals surface area contributed by atoms with Gasteiger partial charge in [-0.25, -0.2) is 9.18 Å². The number of carbonyl (C=O) groups excluding carboxylic acids is 1. The average Bonchev–Trinajstić information content (AvgIpc) is 3.05. The summed E-state index contributed by atoms with van der Waals surface area (Å²) < 4.78 is 25.9. The minimum absolute atomic E-state index is 0.0528. The number of aromatic hydroxyl groups is 2. The predicted octanol–water partition coefficient (Wildman–Crippen LogP) is 4.32. The molecule has 0 bridgehead atoms. The quantitative estimate of drug-likeness (QED) is 0.121. The van der Waals surface area contributed by atoms with Gasteiger partial charge in [-0.3, -0.25) is 4.79 Å². The van der Waals surface area contributed by atoms with E-state index >= 15 is 0 Å². The summed E-state index contributed by atoms with van der Waals surface area (Å²) in [4.78, 5) is 27.3. The number of hydrogen-bond donors (Lipinski definition) is 6. The van der Waals surface area contributed by atoms with Gasteiger partial charge in [-0.1, -0.05) is 43.0 Å². The molecule has 1 aliphatic heterocycles. The highest BCUT2D eigenvalue weighted by Crippen LogP contribution is 2.63. The van der Waals surface area contributed by atoms with Gasteiger partial charge in [0.15, 0.2) is 12.4 Å². The molecule has 12 heteroatoms. The lowest BCUT2D eigenvalue weighted by Gasteiger charge is -2.60. The molecule has 0 radical (unpaired) electrons. The second kappa shape index (κ2) is 13.7. The van der Waals surface area contributed by atoms with Gasteiger partial charge in [0, 0.05) is 11.3 Å². The molecule has 6 N–H and O–H groups in total. The maximum absolute atomic E-state index is 14.0. The molecule has 11 nitrogen and oxygen atoms in total. The molecule has 5 rings (SSSR count). The Morgan fingerprint density at radius 3 is 2.21 bits per heavy atom. The van der Waals surface area contributed by atoms with Gasteiger partial charge >= 0.3 is 5.97 Å². The lowest BCUT2D eigenvalue weighted by atomic mass is 9.56. The average molecular weight is 666 g/mol. The number of aliphatic hydroxyl groups is 3. The number of likely N-dealkylation sites (tertiary alicyclic amines) is 1. The van der Waals surface area contributed by atoms with Crippen molar-refractivity contribution in [3.8, 4) is 22.6 Å². The Balaban J connectivity index is 1.51. The van der Waals surface area contributed by atoms with Gasteiger partial charge in [0.2, 0.25) is 5.91 Å². The SMILES string of the molecule is C=C(C)N1C(=O)C2(CCC(OC(OC(C(=O)O)C(C)O)C(O)CO)(c3ccc(F)cc3)CC2)C1c1ccc(-c2cccc(O)c2)cc1O. The third-order valence-corrected chi connectivity index (χ3v) is 9.47. The van der Waals surface area contributed by atoms with E-state index in [0.29, 0.717) is 28.0 Å². The molecule has 1 spiro atoms. The van der Waals surface area contributed by atoms with Crippen molar-refractivity contribution in [1.82, 2.24) is 4.90 Å². The zero-order chi connectivity index (χ0) is 35.0. The van der Waals surface area contributed by atoms with Crippen molar-refractivity contribution in [1.29, 1.82) is 0 Å². The molecule has 0 aromatic heterocycles. The molecule has 256 valence electrons. The van der Waals surface area contributed by atoms with Crippen molar-refractivity contribution >= 4 is 11.9 Å². The van der Waals surface area contributed by atoms with Crippen LogP contribution in [-0.2, 0) is 24.7 Å². The number of rotatable bonds is 12. The Labute approximate surface area is 277 Å². The number of ether oxygens (including phenoxy) is 2. The van der Waals surface area contributed by atoms with Crippen LogP contribution in [0.2, 0.25) is 0 Å². The molecule has 1 saturated carbocycles. The van der Waals surface area contributed by atoms with Crippen molar-refractivity contribution < 1.29 is 54.1 Å². The number of nitrogens with zero attached hydrogens (tertiary/aromatic N) is 1. The number of carbonyl (C=O) groups is 2. The Kier molecular flexibility index (Phi) is 9.95. The van der Waals surface area contributed by atoms with Gasteiger partial charge in [-0.05, 0) is 86.6 Å². The second-order valence-corrected chi connectivity index (χ2v) is 12.7. The molecule has 5 unspecified atom stereocenters. The minimum atomic E-state index is -1.80. The minimum Gasteiger partial charge on any atom is -0.508 e. The van der Waals surface area contributed by atoms with Crippen LogP contribution in [0, 0.1) is 11.2 Å². The second-order valence-electron chi connectivity index (χ2n) is 12.7. The van der Waals surface area contributed by atoms with E-state index in [0.717, 1.165) is 0 Å². The number of β-lactam (4-membered cyclic amide) rings is 1. The van der Waals surface area contributed by atoms with Crippen molar-refractivity contribution in [2.24, 2.45) is 5.41 Å². The molecule has 5 atom stereocenters. The van der Waals surface area contributed by atoms with Gasteiger partial charge in [-0.2, -0.15) is 0 Å². The Bertz CT molecular complexity index is 1670. The number of aliphatic carboxylic acids is 1. The number of carboxylic acid groups (broad SMARTS) is 1. The number of hydrogen-bond acceptors (Lipinski definition) is 9. The lowest BCUT2D eigenvalue weighted by molar-refractivity contribution is -0.289. The van der Waals surface area contributed by atoms with Gasteiger partial charge in [0.05, 0.1) is 29.8 Å². The first kappa shape index (κ1) is 35.0. The van der Waals surface area contributed by atoms with E-state index in [1.807, 2.05) is 0 Å². The van der Waals surface area contributed by atoms with Crippen LogP contribution in [0.4, 0.5) is 4.39 Å². The van der Waals surface area contributed by atoms with E-state index in [1.54, 1.807) is 49.4 Å². The fourth-order valence-electron chi connectivity index (χ4n) is 6.97. The number of benzene rings is 3. The molecular formula is C36H40FNO10. The lowest BCUT2D eigenvalue weighted by Crippen LogP contribution is -2.64. The third kappa shape index (κ3) is 6.41. The van der Waals surface area contributed by atoms with Crippen LogP contribution in [0.3, 0.4) is 0 Å². The number of halogens is 1. The molecule has 1 heterocycles. The first-order valence-corrected chi connectivity index (χ1v) is 15.6. The van der Waals surface area contributed by atoms with Gasteiger partial charge in [-0.15, -0.1) is 0 Å². The summed E-state index contributed by atoms with van der Waals surface area (Å²) in [6.07, 6.45) is -6.09. The standard InChI is InChI=1S/C36H40FNO10/c1-20(2)38-31(27-12-7-23(18-28(27)42)22-5-4-6-26(41)17-22)35(34(38)46)13-15-36(16-14-35,24-8-10-25(37)11-9-24)48-33(29(43)19-39)47-30(21(3)40)32(44)45/h4-12,17-18,21,29-31,33,39-43H,1,13-16,19H2,2-3H3,(H,44,45). The van der Waals surface area contributed by atoms with Gasteiger partial charge in [0.1, 0.15) is 23.4 Å². The Morgan fingerprint density at radius 2 is 1.67 bits per heavy atom. The van der Waals surface area contributed by atoms with Crippen molar-refractivity contribution in [3.63, 3.8) is 0 Å². The van der Waals surface area contributed by atoms with Crippen LogP contribution in [-0.4, -0.2) is 78.6 Å². The molecule has 2 fully saturated rings. The van der Waals surface area contributed by atoms with Crippen LogP contribution in [0.1, 0.15) is 56.7 Å². The Hall–Kier alpha value is -4.33. The van der Waals surface area contributed by atoms with Crippen LogP contribution in [0.25, 0.3) is 11.1 Å². The van der Waals surface area contributed by atoms with Gasteiger partial charge in [0.25, 0.3) is 0 Å². The summed E-state index contributed by atoms with van der Waals surface area (Å²) in [5.41, 5.74) is 0.453. The summed E-state index contributed by atoms with van der Waals surface area (Å²) in [5, 5.41) is 61.4. The van der Waals surface area contributed by atoms with Crippen LogP contribution < -0.4 is 0 Å². The van der Waals surface area contributed by atoms with Crippen molar-refractivity contribution in [3.05, 3.63) is 96.0 Å². The smallest absolute Gasteiger partial charge is 0.335 e. The summed E-state index contributed by atoms with van der Waals surface area (Å²) in [6, 6.07) is 16.5. The molecule has 2 aliphatic rings. The molecule has 3 aromatic carbocycles. The first-order valence-electron chi connectivity index (χ1n) is 15.6. The number of amides is 1. The van der Waals surface area contributed by atoms with E-state index in [2.05, 4.69) is 6.58 Å². The normalized spacial score (nSPS) is 24.8. The molecular weight excluding hydrogens is 625 g/mol. The summed E-state index contributed by atoms with van der Waals surface area (Å²) in [6.45, 7) is 6.03. The number of phenols is 2. The van der Waals surface area contributed by atoms with E-state index < -0.39 is 60.1 Å². The van der Waals surface area contributed by atoms with E-state index in [4.69, 9.17) is 9.47 Å². The van der Waals surface area contributed by atoms with E-state index in [-0.39, 0.29) is 43.1 Å². The molecule has 1 saturated heterocycles. The van der Waals surface area contributed by atoms with Crippen molar-refractivity contribution in [2.45, 2.75) is 75.8 Å². The third-order valence-electron chi connectivity index (χ3n) is 9.47. The highest BCUT2D eigenvalue weighted by Gasteiger charge is 2.64. The fourth-order valence-corrected chi connectivity index (χ4v) is 6.97. The predicted molar refractivity (Wildman–Crippen MR) is 171 cm³/mol. The highest BCUT2D eigenvalue weighted by molar-refractivity contribution is 5.93. The van der Waals surface area contributed by atoms with E-state index in [9.17, 15) is 44.6 Å². The largest absolute Gasteiger partial charge is 0.508 e. The monoisotopic (exact) mass is 665 g/mol. The van der Waals surface area contributed by atoms with E-state index in [1.165, 1.54) is 36.1 Å². The fraction of sp³-hybridized carbons (Fsp3) is 0.389. The Morgan fingerprint density at radius 1 is 1.02 bits per heavy atom. The summed E-state index contributed by atoms with van der Waals surface area (Å²) >= 11 is 0. The summed E-state index contributed by atoms with van der Waals surface area (Å²) in [5.74, 6) is -2.21. The number of allylic oxidation sites excluding steroid dienone is 1. The van der Waals surface area contributed by atoms with Crippen molar-refractivity contribution in [2.75, 3.05) is 6.61 Å². The molecule has 48 heavy (non-hydrogen) atoms. The topological polar surface area (TPSA) is 177 Å². The summed E-state index contributed by atoms with van der Waals surface area (Å²) in [7, 11) is 0. The molecule has 1 aliphatic carbocycles. The van der Waals surface area contributed by atoms with Gasteiger partial charge < -0.3 is 45.0 Å². The van der Waals surface area contributed by atoms with Crippen LogP contribution in [0.5, 0.6) is 11.5 Å². The van der Waals surface area contributed by atoms with Crippen LogP contribution >= 0.6 is 0 Å². The van der Waals surface area contributed by atoms with Crippen LogP contribution in [0.15, 0.2) is 79.0 Å². The molecule has 3 aromatic rings. The zero-order valence-corrected chi connectivity index (χ0v) is 26.6. The maximum atomic E-state index is 14.0.